The molecule has 0 radical (unpaired) electrons. The van der Waals surface area contributed by atoms with Crippen LogP contribution in [0.3, 0.4) is 0 Å². The summed E-state index contributed by atoms with van der Waals surface area (Å²) < 4.78 is 0. The molecule has 0 aromatic heterocycles. The predicted octanol–water partition coefficient (Wildman–Crippen LogP) is 3.72. The minimum absolute atomic E-state index is 0. The fourth-order valence-corrected chi connectivity index (χ4v) is 3.47. The van der Waals surface area contributed by atoms with Crippen LogP contribution in [0.2, 0.25) is 0 Å². The molecule has 1 aliphatic heterocycles. The van der Waals surface area contributed by atoms with Gasteiger partial charge in [-0.1, -0.05) is 44.2 Å². The molecule has 2 rings (SSSR count). The third kappa shape index (κ3) is 7.07. The van der Waals surface area contributed by atoms with E-state index in [1.54, 1.807) is 0 Å². The molecule has 3 atom stereocenters. The minimum Gasteiger partial charge on any atom is -0.338 e. The lowest BCUT2D eigenvalue weighted by atomic mass is 9.98. The minimum atomic E-state index is -0.110. The molecule has 6 heteroatoms. The summed E-state index contributed by atoms with van der Waals surface area (Å²) in [7, 11) is 0. The van der Waals surface area contributed by atoms with Crippen molar-refractivity contribution in [1.29, 1.82) is 0 Å². The first-order chi connectivity index (χ1) is 11.5. The van der Waals surface area contributed by atoms with Crippen LogP contribution < -0.4 is 5.73 Å². The highest BCUT2D eigenvalue weighted by Gasteiger charge is 2.31. The molecule has 0 bridgehead atoms. The van der Waals surface area contributed by atoms with Gasteiger partial charge in [0, 0.05) is 31.7 Å². The molecule has 0 saturated carbocycles. The van der Waals surface area contributed by atoms with Gasteiger partial charge in [-0.25, -0.2) is 0 Å². The Labute approximate surface area is 171 Å². The summed E-state index contributed by atoms with van der Waals surface area (Å²) in [6.07, 6.45) is 3.24. The average Bonchev–Trinajstić information content (AvgIpc) is 2.59. The zero-order chi connectivity index (χ0) is 17.5. The van der Waals surface area contributed by atoms with Gasteiger partial charge in [-0.05, 0) is 38.3 Å². The first-order valence-corrected chi connectivity index (χ1v) is 9.35. The standard InChI is InChI=1S/C20H33N3O.2ClH/c1-4-12-23(20(24)16(2)17(3)21)19-11-8-13-22(15-19)14-18-9-6-5-7-10-18;;/h5-7,9-10,16-17,19H,4,8,11-15,21H2,1-3H3;2*1H. The van der Waals surface area contributed by atoms with Crippen LogP contribution in [0.15, 0.2) is 30.3 Å². The Morgan fingerprint density at radius 2 is 1.92 bits per heavy atom. The number of nitrogens with two attached hydrogens (primary N) is 1. The summed E-state index contributed by atoms with van der Waals surface area (Å²) >= 11 is 0. The third-order valence-corrected chi connectivity index (χ3v) is 5.10. The first-order valence-electron chi connectivity index (χ1n) is 9.35. The maximum atomic E-state index is 12.9. The van der Waals surface area contributed by atoms with Crippen molar-refractivity contribution in [3.8, 4) is 0 Å². The molecule has 1 amide bonds. The van der Waals surface area contributed by atoms with E-state index in [0.29, 0.717) is 6.04 Å². The SMILES string of the molecule is CCCN(C(=O)C(C)C(C)N)C1CCCN(Cc2ccccc2)C1.Cl.Cl. The fraction of sp³-hybridized carbons (Fsp3) is 0.650. The second-order valence-electron chi connectivity index (χ2n) is 7.20. The average molecular weight is 404 g/mol. The van der Waals surface area contributed by atoms with Crippen molar-refractivity contribution in [2.75, 3.05) is 19.6 Å². The Balaban J connectivity index is 0.00000312. The van der Waals surface area contributed by atoms with Crippen LogP contribution in [0.1, 0.15) is 45.6 Å². The van der Waals surface area contributed by atoms with E-state index in [9.17, 15) is 4.79 Å². The fourth-order valence-electron chi connectivity index (χ4n) is 3.47. The number of piperidine rings is 1. The smallest absolute Gasteiger partial charge is 0.227 e. The molecule has 1 fully saturated rings. The molecule has 3 unspecified atom stereocenters. The highest BCUT2D eigenvalue weighted by molar-refractivity contribution is 5.85. The van der Waals surface area contributed by atoms with Gasteiger partial charge in [-0.2, -0.15) is 0 Å². The Kier molecular flexibility index (Phi) is 12.2. The lowest BCUT2D eigenvalue weighted by Crippen LogP contribution is -2.53. The van der Waals surface area contributed by atoms with Gasteiger partial charge < -0.3 is 10.6 Å². The number of likely N-dealkylation sites (tertiary alicyclic amines) is 1. The summed E-state index contributed by atoms with van der Waals surface area (Å²) in [5.74, 6) is 0.111. The Hall–Kier alpha value is -0.810. The largest absolute Gasteiger partial charge is 0.338 e. The van der Waals surface area contributed by atoms with E-state index < -0.39 is 0 Å². The third-order valence-electron chi connectivity index (χ3n) is 5.10. The Bertz CT molecular complexity index is 513. The molecular formula is C20H35Cl2N3O. The number of hydrogen-bond acceptors (Lipinski definition) is 3. The molecular weight excluding hydrogens is 369 g/mol. The van der Waals surface area contributed by atoms with E-state index in [1.807, 2.05) is 13.8 Å². The van der Waals surface area contributed by atoms with Gasteiger partial charge in [-0.15, -0.1) is 24.8 Å². The van der Waals surface area contributed by atoms with Gasteiger partial charge in [0.25, 0.3) is 0 Å². The van der Waals surface area contributed by atoms with Crippen molar-refractivity contribution in [3.63, 3.8) is 0 Å². The number of carbonyl (C=O) groups excluding carboxylic acids is 1. The number of benzene rings is 1. The van der Waals surface area contributed by atoms with Crippen LogP contribution in [-0.2, 0) is 11.3 Å². The number of amides is 1. The van der Waals surface area contributed by atoms with Crippen molar-refractivity contribution < 1.29 is 4.79 Å². The van der Waals surface area contributed by atoms with Gasteiger partial charge in [0.05, 0.1) is 5.92 Å². The van der Waals surface area contributed by atoms with Crippen LogP contribution >= 0.6 is 24.8 Å². The molecule has 1 aromatic rings. The van der Waals surface area contributed by atoms with E-state index in [2.05, 4.69) is 47.1 Å². The molecule has 1 heterocycles. The van der Waals surface area contributed by atoms with Crippen LogP contribution in [0.4, 0.5) is 0 Å². The van der Waals surface area contributed by atoms with Crippen LogP contribution in [0, 0.1) is 5.92 Å². The lowest BCUT2D eigenvalue weighted by molar-refractivity contribution is -0.139. The molecule has 1 saturated heterocycles. The zero-order valence-corrected chi connectivity index (χ0v) is 17.9. The summed E-state index contributed by atoms with van der Waals surface area (Å²) in [5, 5.41) is 0. The molecule has 1 aliphatic rings. The number of halogens is 2. The van der Waals surface area contributed by atoms with E-state index >= 15 is 0 Å². The maximum absolute atomic E-state index is 12.9. The van der Waals surface area contributed by atoms with Gasteiger partial charge in [-0.3, -0.25) is 9.69 Å². The van der Waals surface area contributed by atoms with E-state index in [0.717, 1.165) is 45.4 Å². The molecule has 0 spiro atoms. The molecule has 150 valence electrons. The van der Waals surface area contributed by atoms with Gasteiger partial charge in [0.15, 0.2) is 0 Å². The predicted molar refractivity (Wildman–Crippen MR) is 114 cm³/mol. The summed E-state index contributed by atoms with van der Waals surface area (Å²) in [6, 6.07) is 10.8. The monoisotopic (exact) mass is 403 g/mol. The van der Waals surface area contributed by atoms with Crippen molar-refractivity contribution in [3.05, 3.63) is 35.9 Å². The highest BCUT2D eigenvalue weighted by Crippen LogP contribution is 2.21. The molecule has 2 N–H and O–H groups in total. The lowest BCUT2D eigenvalue weighted by Gasteiger charge is -2.40. The van der Waals surface area contributed by atoms with Gasteiger partial charge in [0.1, 0.15) is 0 Å². The van der Waals surface area contributed by atoms with Crippen molar-refractivity contribution >= 4 is 30.7 Å². The number of nitrogens with zero attached hydrogens (tertiary/aromatic N) is 2. The molecule has 1 aromatic carbocycles. The summed E-state index contributed by atoms with van der Waals surface area (Å²) in [6.45, 7) is 9.90. The van der Waals surface area contributed by atoms with E-state index in [-0.39, 0.29) is 42.7 Å². The van der Waals surface area contributed by atoms with Crippen molar-refractivity contribution in [2.24, 2.45) is 11.7 Å². The van der Waals surface area contributed by atoms with Crippen LogP contribution in [0.5, 0.6) is 0 Å². The number of hydrogen-bond donors (Lipinski definition) is 1. The topological polar surface area (TPSA) is 49.6 Å². The van der Waals surface area contributed by atoms with Crippen molar-refractivity contribution in [1.82, 2.24) is 9.80 Å². The highest BCUT2D eigenvalue weighted by atomic mass is 35.5. The summed E-state index contributed by atoms with van der Waals surface area (Å²) in [4.78, 5) is 17.5. The maximum Gasteiger partial charge on any atom is 0.227 e. The Morgan fingerprint density at radius 3 is 2.50 bits per heavy atom. The quantitative estimate of drug-likeness (QED) is 0.754. The first kappa shape index (κ1) is 25.2. The van der Waals surface area contributed by atoms with E-state index in [1.165, 1.54) is 5.56 Å². The molecule has 0 aliphatic carbocycles. The van der Waals surface area contributed by atoms with Crippen molar-refractivity contribution in [2.45, 2.75) is 58.7 Å². The van der Waals surface area contributed by atoms with Crippen LogP contribution in [0.25, 0.3) is 0 Å². The summed E-state index contributed by atoms with van der Waals surface area (Å²) in [5.41, 5.74) is 7.31. The number of carbonyl (C=O) groups is 1. The normalized spacial score (nSPS) is 19.6. The zero-order valence-electron chi connectivity index (χ0n) is 16.3. The second-order valence-corrected chi connectivity index (χ2v) is 7.20. The van der Waals surface area contributed by atoms with E-state index in [4.69, 9.17) is 5.73 Å². The molecule has 4 nitrogen and oxygen atoms in total. The number of rotatable bonds is 7. The van der Waals surface area contributed by atoms with Crippen LogP contribution in [-0.4, -0.2) is 47.4 Å². The Morgan fingerprint density at radius 1 is 1.27 bits per heavy atom. The van der Waals surface area contributed by atoms with Gasteiger partial charge >= 0.3 is 0 Å². The van der Waals surface area contributed by atoms with Gasteiger partial charge in [0.2, 0.25) is 5.91 Å². The molecule has 26 heavy (non-hydrogen) atoms. The second kappa shape index (κ2) is 12.6.